The standard InChI is InChI=1S/C3HBrINO/c4-3-6-1-2(5)7-3/h1H. The molecule has 0 aliphatic rings. The first-order valence-electron chi connectivity index (χ1n) is 1.56. The van der Waals surface area contributed by atoms with Gasteiger partial charge in [0.25, 0.3) is 4.80 Å². The summed E-state index contributed by atoms with van der Waals surface area (Å²) in [6.45, 7) is 0. The lowest BCUT2D eigenvalue weighted by atomic mass is 11.0. The third-order valence-corrected chi connectivity index (χ3v) is 1.31. The van der Waals surface area contributed by atoms with E-state index in [2.05, 4.69) is 20.9 Å². The van der Waals surface area contributed by atoms with Crippen LogP contribution in [0.3, 0.4) is 0 Å². The Balaban J connectivity index is 3.04. The summed E-state index contributed by atoms with van der Waals surface area (Å²) in [5.41, 5.74) is 0. The molecule has 4 heteroatoms. The second-order valence-corrected chi connectivity index (χ2v) is 2.66. The van der Waals surface area contributed by atoms with E-state index in [1.54, 1.807) is 6.20 Å². The van der Waals surface area contributed by atoms with Gasteiger partial charge in [0.2, 0.25) is 0 Å². The molecule has 0 unspecified atom stereocenters. The van der Waals surface area contributed by atoms with Crippen molar-refractivity contribution in [3.05, 3.63) is 14.8 Å². The van der Waals surface area contributed by atoms with Gasteiger partial charge in [-0.05, 0) is 0 Å². The summed E-state index contributed by atoms with van der Waals surface area (Å²) in [5, 5.41) is 0. The summed E-state index contributed by atoms with van der Waals surface area (Å²) in [7, 11) is 0. The first-order chi connectivity index (χ1) is 3.29. The molecule has 38 valence electrons. The van der Waals surface area contributed by atoms with Gasteiger partial charge in [-0.3, -0.25) is 0 Å². The van der Waals surface area contributed by atoms with Crippen LogP contribution in [0.2, 0.25) is 0 Å². The molecule has 0 aliphatic carbocycles. The van der Waals surface area contributed by atoms with Gasteiger partial charge in [-0.25, -0.2) is 4.98 Å². The van der Waals surface area contributed by atoms with Crippen LogP contribution in [0.4, 0.5) is 0 Å². The number of hydrogen-bond acceptors (Lipinski definition) is 2. The van der Waals surface area contributed by atoms with Crippen molar-refractivity contribution in [3.8, 4) is 0 Å². The van der Waals surface area contributed by atoms with Gasteiger partial charge >= 0.3 is 0 Å². The maximum atomic E-state index is 4.88. The van der Waals surface area contributed by atoms with E-state index in [9.17, 15) is 0 Å². The van der Waals surface area contributed by atoms with Crippen molar-refractivity contribution in [2.75, 3.05) is 0 Å². The zero-order valence-corrected chi connectivity index (χ0v) is 6.93. The zero-order chi connectivity index (χ0) is 5.28. The maximum absolute atomic E-state index is 4.88. The number of oxazole rings is 1. The molecule has 1 heterocycles. The highest BCUT2D eigenvalue weighted by atomic mass is 127. The molecule has 0 saturated carbocycles. The summed E-state index contributed by atoms with van der Waals surface area (Å²) in [4.78, 5) is 4.30. The third-order valence-electron chi connectivity index (χ3n) is 0.449. The topological polar surface area (TPSA) is 26.0 Å². The molecule has 1 rings (SSSR count). The van der Waals surface area contributed by atoms with Crippen LogP contribution in [0.5, 0.6) is 0 Å². The predicted octanol–water partition coefficient (Wildman–Crippen LogP) is 2.04. The van der Waals surface area contributed by atoms with Gasteiger partial charge in [-0.2, -0.15) is 0 Å². The Labute approximate surface area is 62.6 Å². The highest BCUT2D eigenvalue weighted by molar-refractivity contribution is 14.1. The van der Waals surface area contributed by atoms with Gasteiger partial charge in [-0.1, -0.05) is 0 Å². The highest BCUT2D eigenvalue weighted by Gasteiger charge is 1.91. The second kappa shape index (κ2) is 2.13. The van der Waals surface area contributed by atoms with E-state index in [-0.39, 0.29) is 0 Å². The Kier molecular flexibility index (Phi) is 1.69. The lowest BCUT2D eigenvalue weighted by Crippen LogP contribution is -1.50. The van der Waals surface area contributed by atoms with Crippen molar-refractivity contribution in [2.24, 2.45) is 0 Å². The lowest BCUT2D eigenvalue weighted by molar-refractivity contribution is 0.503. The first kappa shape index (κ1) is 5.55. The fraction of sp³-hybridized carbons (Fsp3) is 0. The third kappa shape index (κ3) is 1.41. The van der Waals surface area contributed by atoms with Crippen LogP contribution >= 0.6 is 38.5 Å². The van der Waals surface area contributed by atoms with Gasteiger partial charge in [0.1, 0.15) is 0 Å². The van der Waals surface area contributed by atoms with Crippen LogP contribution in [0.25, 0.3) is 0 Å². The van der Waals surface area contributed by atoms with E-state index in [1.165, 1.54) is 0 Å². The summed E-state index contributed by atoms with van der Waals surface area (Å²) >= 11 is 5.09. The molecule has 0 spiro atoms. The van der Waals surface area contributed by atoms with Crippen LogP contribution in [-0.2, 0) is 0 Å². The van der Waals surface area contributed by atoms with Crippen molar-refractivity contribution >= 4 is 38.5 Å². The molecule has 0 aromatic carbocycles. The molecule has 0 fully saturated rings. The zero-order valence-electron chi connectivity index (χ0n) is 3.19. The van der Waals surface area contributed by atoms with Crippen LogP contribution in [0.1, 0.15) is 0 Å². The summed E-state index contributed by atoms with van der Waals surface area (Å²) in [5.74, 6) is 0. The molecular formula is C3HBrINO. The molecular weight excluding hydrogens is 273 g/mol. The number of nitrogens with zero attached hydrogens (tertiary/aromatic N) is 1. The van der Waals surface area contributed by atoms with Crippen LogP contribution in [-0.4, -0.2) is 4.98 Å². The molecule has 0 bridgehead atoms. The monoisotopic (exact) mass is 273 g/mol. The largest absolute Gasteiger partial charge is 0.425 e. The molecule has 1 aromatic heterocycles. The molecule has 0 N–H and O–H groups in total. The van der Waals surface area contributed by atoms with E-state index in [1.807, 2.05) is 22.6 Å². The van der Waals surface area contributed by atoms with Crippen molar-refractivity contribution in [1.29, 1.82) is 0 Å². The van der Waals surface area contributed by atoms with E-state index < -0.39 is 0 Å². The van der Waals surface area contributed by atoms with Gasteiger partial charge in [0.05, 0.1) is 6.20 Å². The van der Waals surface area contributed by atoms with Crippen LogP contribution in [0, 0.1) is 3.77 Å². The number of aromatic nitrogens is 1. The Morgan fingerprint density at radius 3 is 2.71 bits per heavy atom. The van der Waals surface area contributed by atoms with Gasteiger partial charge < -0.3 is 4.42 Å². The molecule has 0 atom stereocenters. The second-order valence-electron chi connectivity index (χ2n) is 0.917. The van der Waals surface area contributed by atoms with E-state index >= 15 is 0 Å². The van der Waals surface area contributed by atoms with E-state index in [4.69, 9.17) is 4.42 Å². The molecule has 0 saturated heterocycles. The average molecular weight is 274 g/mol. The lowest BCUT2D eigenvalue weighted by Gasteiger charge is -1.69. The van der Waals surface area contributed by atoms with Crippen molar-refractivity contribution in [1.82, 2.24) is 4.98 Å². The minimum atomic E-state index is 0.539. The number of halogens is 2. The Morgan fingerprint density at radius 1 is 1.86 bits per heavy atom. The summed E-state index contributed by atoms with van der Waals surface area (Å²) < 4.78 is 5.67. The number of rotatable bonds is 0. The predicted molar refractivity (Wildman–Crippen MR) is 36.9 cm³/mol. The van der Waals surface area contributed by atoms with Gasteiger partial charge in [0, 0.05) is 38.5 Å². The molecule has 0 radical (unpaired) electrons. The fourth-order valence-electron chi connectivity index (χ4n) is 0.235. The molecule has 1 aromatic rings. The highest BCUT2D eigenvalue weighted by Crippen LogP contribution is 2.10. The van der Waals surface area contributed by atoms with Crippen molar-refractivity contribution in [2.45, 2.75) is 0 Å². The molecule has 2 nitrogen and oxygen atoms in total. The Morgan fingerprint density at radius 2 is 2.57 bits per heavy atom. The van der Waals surface area contributed by atoms with Crippen LogP contribution < -0.4 is 0 Å². The Hall–Kier alpha value is 0.420. The molecule has 7 heavy (non-hydrogen) atoms. The normalized spacial score (nSPS) is 9.43. The van der Waals surface area contributed by atoms with Gasteiger partial charge in [0.15, 0.2) is 3.77 Å². The minimum absolute atomic E-state index is 0.539. The van der Waals surface area contributed by atoms with E-state index in [0.29, 0.717) is 4.80 Å². The SMILES string of the molecule is Brc1ncc(I)o1. The Bertz CT molecular complexity index is 147. The average Bonchev–Trinajstić information content (AvgIpc) is 1.87. The summed E-state index contributed by atoms with van der Waals surface area (Å²) in [6, 6.07) is 0. The van der Waals surface area contributed by atoms with Gasteiger partial charge in [-0.15, -0.1) is 0 Å². The smallest absolute Gasteiger partial charge is 0.264 e. The van der Waals surface area contributed by atoms with Crippen molar-refractivity contribution < 1.29 is 4.42 Å². The fourth-order valence-corrected chi connectivity index (χ4v) is 1.16. The molecule has 0 amide bonds. The van der Waals surface area contributed by atoms with E-state index in [0.717, 1.165) is 3.77 Å². The maximum Gasteiger partial charge on any atom is 0.264 e. The molecule has 0 aliphatic heterocycles. The quantitative estimate of drug-likeness (QED) is 0.676. The first-order valence-corrected chi connectivity index (χ1v) is 3.43. The van der Waals surface area contributed by atoms with Crippen LogP contribution in [0.15, 0.2) is 15.4 Å². The van der Waals surface area contributed by atoms with Crippen molar-refractivity contribution in [3.63, 3.8) is 0 Å². The number of hydrogen-bond donors (Lipinski definition) is 0. The summed E-state index contributed by atoms with van der Waals surface area (Å²) in [6.07, 6.45) is 1.64. The minimum Gasteiger partial charge on any atom is -0.425 e.